The molecule has 0 saturated carbocycles. The summed E-state index contributed by atoms with van der Waals surface area (Å²) in [7, 11) is -1.01. The number of rotatable bonds is 7. The molecule has 2 aliphatic rings. The second-order valence-corrected chi connectivity index (χ2v) is 7.89. The summed E-state index contributed by atoms with van der Waals surface area (Å²) in [5.41, 5.74) is 2.62. The van der Waals surface area contributed by atoms with E-state index in [-0.39, 0.29) is 11.8 Å². The molecule has 1 atom stereocenters. The summed E-state index contributed by atoms with van der Waals surface area (Å²) in [6.45, 7) is 9.02. The molecular formula is C20H29BN2O5. The van der Waals surface area contributed by atoms with Crippen LogP contribution in [-0.4, -0.2) is 61.2 Å². The Morgan fingerprint density at radius 1 is 1.32 bits per heavy atom. The Balaban J connectivity index is 1.63. The maximum Gasteiger partial charge on any atom is 0.492 e. The number of carbonyl (C=O) groups excluding carboxylic acids is 2. The van der Waals surface area contributed by atoms with Gasteiger partial charge in [0, 0.05) is 12.1 Å². The average Bonchev–Trinajstić information content (AvgIpc) is 3.29. The molecule has 0 bridgehead atoms. The average molecular weight is 388 g/mol. The van der Waals surface area contributed by atoms with Gasteiger partial charge >= 0.3 is 13.1 Å². The number of likely N-dealkylation sites (tertiary alicyclic amines) is 1. The minimum absolute atomic E-state index is 0.105. The van der Waals surface area contributed by atoms with Gasteiger partial charge in [0.1, 0.15) is 12.6 Å². The summed E-state index contributed by atoms with van der Waals surface area (Å²) in [6, 6.07) is 2.77. The van der Waals surface area contributed by atoms with Gasteiger partial charge in [-0.15, -0.1) is 0 Å². The van der Waals surface area contributed by atoms with Gasteiger partial charge in [-0.2, -0.15) is 0 Å². The van der Waals surface area contributed by atoms with E-state index < -0.39 is 19.1 Å². The predicted octanol–water partition coefficient (Wildman–Crippen LogP) is 0.606. The molecule has 7 nitrogen and oxygen atoms in total. The highest BCUT2D eigenvalue weighted by Gasteiger charge is 2.32. The molecule has 0 spiro atoms. The van der Waals surface area contributed by atoms with E-state index in [4.69, 9.17) is 9.39 Å². The Kier molecular flexibility index (Phi) is 6.75. The fourth-order valence-corrected chi connectivity index (χ4v) is 3.84. The Morgan fingerprint density at radius 2 is 2.04 bits per heavy atom. The van der Waals surface area contributed by atoms with Crippen molar-refractivity contribution < 1.29 is 24.0 Å². The molecule has 0 aliphatic carbocycles. The smallest absolute Gasteiger partial charge is 0.463 e. The molecule has 1 aromatic carbocycles. The van der Waals surface area contributed by atoms with Gasteiger partial charge in [0.25, 0.3) is 5.91 Å². The molecular weight excluding hydrogens is 359 g/mol. The fourth-order valence-electron chi connectivity index (χ4n) is 3.84. The van der Waals surface area contributed by atoms with Crippen LogP contribution in [0.25, 0.3) is 0 Å². The molecule has 1 saturated heterocycles. The number of hydrogen-bond acceptors (Lipinski definition) is 6. The number of nitrogens with one attached hydrogen (secondary N) is 1. The zero-order valence-corrected chi connectivity index (χ0v) is 16.9. The van der Waals surface area contributed by atoms with Crippen molar-refractivity contribution in [2.45, 2.75) is 46.3 Å². The lowest BCUT2D eigenvalue weighted by atomic mass is 9.75. The SMILES string of the molecule is Cc1c(C(=O)NC(C(=O)OCCN2CCCC2)C(C)C)ccc2c1B(O)OC2. The van der Waals surface area contributed by atoms with Crippen LogP contribution in [0.15, 0.2) is 12.1 Å². The summed E-state index contributed by atoms with van der Waals surface area (Å²) >= 11 is 0. The van der Waals surface area contributed by atoms with Gasteiger partial charge in [0.15, 0.2) is 0 Å². The lowest BCUT2D eigenvalue weighted by molar-refractivity contribution is -0.147. The fraction of sp³-hybridized carbons (Fsp3) is 0.600. The number of hydrogen-bond donors (Lipinski definition) is 2. The first kappa shape index (κ1) is 20.8. The highest BCUT2D eigenvalue weighted by atomic mass is 16.5. The van der Waals surface area contributed by atoms with E-state index in [0.717, 1.165) is 25.2 Å². The van der Waals surface area contributed by atoms with Gasteiger partial charge in [-0.05, 0) is 61.4 Å². The van der Waals surface area contributed by atoms with Crippen molar-refractivity contribution in [2.24, 2.45) is 5.92 Å². The van der Waals surface area contributed by atoms with Crippen LogP contribution in [0, 0.1) is 12.8 Å². The highest BCUT2D eigenvalue weighted by Crippen LogP contribution is 2.17. The number of esters is 1. The second-order valence-electron chi connectivity index (χ2n) is 7.89. The van der Waals surface area contributed by atoms with E-state index in [1.165, 1.54) is 12.8 Å². The van der Waals surface area contributed by atoms with Crippen molar-refractivity contribution in [3.8, 4) is 0 Å². The molecule has 0 aromatic heterocycles. The van der Waals surface area contributed by atoms with Crippen molar-refractivity contribution in [3.05, 3.63) is 28.8 Å². The van der Waals surface area contributed by atoms with E-state index in [9.17, 15) is 14.6 Å². The van der Waals surface area contributed by atoms with Crippen molar-refractivity contribution in [3.63, 3.8) is 0 Å². The topological polar surface area (TPSA) is 88.1 Å². The van der Waals surface area contributed by atoms with Gasteiger partial charge in [-0.3, -0.25) is 9.69 Å². The van der Waals surface area contributed by atoms with Gasteiger partial charge < -0.3 is 19.7 Å². The lowest BCUT2D eigenvalue weighted by Gasteiger charge is -2.22. The van der Waals surface area contributed by atoms with E-state index in [0.29, 0.717) is 29.8 Å². The highest BCUT2D eigenvalue weighted by molar-refractivity contribution is 6.62. The zero-order chi connectivity index (χ0) is 20.3. The van der Waals surface area contributed by atoms with E-state index >= 15 is 0 Å². The molecule has 1 aromatic rings. The van der Waals surface area contributed by atoms with Crippen molar-refractivity contribution >= 4 is 24.5 Å². The molecule has 2 heterocycles. The predicted molar refractivity (Wildman–Crippen MR) is 106 cm³/mol. The van der Waals surface area contributed by atoms with Crippen LogP contribution in [-0.2, 0) is 20.8 Å². The molecule has 152 valence electrons. The minimum atomic E-state index is -1.01. The molecule has 1 fully saturated rings. The Hall–Kier alpha value is -1.90. The molecule has 0 radical (unpaired) electrons. The number of benzene rings is 1. The van der Waals surface area contributed by atoms with Crippen molar-refractivity contribution in [1.29, 1.82) is 0 Å². The number of fused-ring (bicyclic) bond motifs is 1. The first-order valence-electron chi connectivity index (χ1n) is 10.0. The normalized spacial score (nSPS) is 17.7. The number of amides is 1. The van der Waals surface area contributed by atoms with Crippen LogP contribution in [0.1, 0.15) is 48.2 Å². The molecule has 1 unspecified atom stereocenters. The molecule has 2 N–H and O–H groups in total. The Labute approximate surface area is 166 Å². The van der Waals surface area contributed by atoms with Gasteiger partial charge in [0.2, 0.25) is 0 Å². The summed E-state index contributed by atoms with van der Waals surface area (Å²) in [5.74, 6) is -0.869. The van der Waals surface area contributed by atoms with Gasteiger partial charge in [-0.25, -0.2) is 4.79 Å². The van der Waals surface area contributed by atoms with E-state index in [2.05, 4.69) is 10.2 Å². The van der Waals surface area contributed by atoms with Crippen LogP contribution >= 0.6 is 0 Å². The number of nitrogens with zero attached hydrogens (tertiary/aromatic N) is 1. The second kappa shape index (κ2) is 9.07. The third-order valence-electron chi connectivity index (χ3n) is 5.55. The Bertz CT molecular complexity index is 734. The van der Waals surface area contributed by atoms with Gasteiger partial charge in [0.05, 0.1) is 6.61 Å². The largest absolute Gasteiger partial charge is 0.492 e. The molecule has 2 aliphatic heterocycles. The summed E-state index contributed by atoms with van der Waals surface area (Å²) in [5, 5.41) is 12.8. The van der Waals surface area contributed by atoms with Crippen LogP contribution < -0.4 is 10.8 Å². The standard InChI is InChI=1S/C20H29BN2O5/c1-13(2)18(20(25)27-11-10-23-8-4-5-9-23)22-19(24)16-7-6-15-12-28-21(26)17(15)14(16)3/h6-7,13,18,26H,4-5,8-12H2,1-3H3,(H,22,24). The number of ether oxygens (including phenoxy) is 1. The summed E-state index contributed by atoms with van der Waals surface area (Å²) < 4.78 is 10.7. The molecule has 3 rings (SSSR count). The molecule has 28 heavy (non-hydrogen) atoms. The summed E-state index contributed by atoms with van der Waals surface area (Å²) in [4.78, 5) is 27.6. The van der Waals surface area contributed by atoms with E-state index in [1.807, 2.05) is 13.8 Å². The van der Waals surface area contributed by atoms with Crippen molar-refractivity contribution in [1.82, 2.24) is 10.2 Å². The minimum Gasteiger partial charge on any atom is -0.463 e. The first-order valence-corrected chi connectivity index (χ1v) is 10.0. The van der Waals surface area contributed by atoms with Crippen LogP contribution in [0.3, 0.4) is 0 Å². The summed E-state index contributed by atoms with van der Waals surface area (Å²) in [6.07, 6.45) is 2.39. The van der Waals surface area contributed by atoms with Crippen LogP contribution in [0.2, 0.25) is 0 Å². The Morgan fingerprint density at radius 3 is 2.71 bits per heavy atom. The maximum atomic E-state index is 12.8. The number of carbonyl (C=O) groups is 2. The van der Waals surface area contributed by atoms with Crippen LogP contribution in [0.5, 0.6) is 0 Å². The van der Waals surface area contributed by atoms with Crippen molar-refractivity contribution in [2.75, 3.05) is 26.2 Å². The quantitative estimate of drug-likeness (QED) is 0.526. The van der Waals surface area contributed by atoms with Crippen LogP contribution in [0.4, 0.5) is 0 Å². The third-order valence-corrected chi connectivity index (χ3v) is 5.55. The maximum absolute atomic E-state index is 12.8. The monoisotopic (exact) mass is 388 g/mol. The molecule has 8 heteroatoms. The van der Waals surface area contributed by atoms with E-state index in [1.54, 1.807) is 19.1 Å². The molecule has 1 amide bonds. The lowest BCUT2D eigenvalue weighted by Crippen LogP contribution is -2.46. The third kappa shape index (κ3) is 4.56. The first-order chi connectivity index (χ1) is 13.4. The zero-order valence-electron chi connectivity index (χ0n) is 16.9. The van der Waals surface area contributed by atoms with Gasteiger partial charge in [-0.1, -0.05) is 19.9 Å².